The van der Waals surface area contributed by atoms with Gasteiger partial charge in [0.05, 0.1) is 24.2 Å². The molecule has 0 saturated heterocycles. The van der Waals surface area contributed by atoms with Gasteiger partial charge in [-0.1, -0.05) is 41.6 Å². The Balaban J connectivity index is 1.60. The zero-order valence-corrected chi connectivity index (χ0v) is 16.7. The zero-order chi connectivity index (χ0) is 18.5. The van der Waals surface area contributed by atoms with Gasteiger partial charge in [0.2, 0.25) is 5.91 Å². The first kappa shape index (κ1) is 18.8. The van der Waals surface area contributed by atoms with Gasteiger partial charge in [-0.15, -0.1) is 11.3 Å². The summed E-state index contributed by atoms with van der Waals surface area (Å²) in [5.74, 6) is 0.834. The minimum atomic E-state index is -0.0952. The molecule has 0 aliphatic heterocycles. The van der Waals surface area contributed by atoms with Crippen LogP contribution in [-0.4, -0.2) is 23.8 Å². The van der Waals surface area contributed by atoms with Gasteiger partial charge in [-0.2, -0.15) is 0 Å². The Labute approximate surface area is 165 Å². The Morgan fingerprint density at radius 2 is 2.04 bits per heavy atom. The van der Waals surface area contributed by atoms with Crippen LogP contribution in [0.15, 0.2) is 52.2 Å². The maximum atomic E-state index is 12.3. The number of hydrogen-bond donors (Lipinski definition) is 1. The first-order valence-corrected chi connectivity index (χ1v) is 10.1. The summed E-state index contributed by atoms with van der Waals surface area (Å²) in [5, 5.41) is 5.57. The molecule has 0 fully saturated rings. The van der Waals surface area contributed by atoms with Crippen LogP contribution in [0, 0.1) is 6.92 Å². The smallest absolute Gasteiger partial charge is 0.234 e. The first-order chi connectivity index (χ1) is 12.5. The van der Waals surface area contributed by atoms with Crippen LogP contribution in [0.3, 0.4) is 0 Å². The van der Waals surface area contributed by atoms with Gasteiger partial charge in [-0.05, 0) is 36.8 Å². The summed E-state index contributed by atoms with van der Waals surface area (Å²) < 4.78 is 6.13. The average molecular weight is 405 g/mol. The van der Waals surface area contributed by atoms with Crippen molar-refractivity contribution in [3.63, 3.8) is 0 Å². The normalized spacial score (nSPS) is 10.6. The van der Waals surface area contributed by atoms with Crippen LogP contribution < -0.4 is 10.1 Å². The lowest BCUT2D eigenvalue weighted by Gasteiger charge is -2.10. The monoisotopic (exact) mass is 404 g/mol. The highest BCUT2D eigenvalue weighted by molar-refractivity contribution is 8.01. The Kier molecular flexibility index (Phi) is 6.19. The lowest BCUT2D eigenvalue weighted by atomic mass is 10.2. The molecule has 26 heavy (non-hydrogen) atoms. The van der Waals surface area contributed by atoms with Crippen molar-refractivity contribution in [2.75, 3.05) is 18.2 Å². The topological polar surface area (TPSA) is 51.2 Å². The van der Waals surface area contributed by atoms with Crippen molar-refractivity contribution in [1.29, 1.82) is 0 Å². The van der Waals surface area contributed by atoms with Crippen LogP contribution >= 0.6 is 34.7 Å². The molecule has 0 aliphatic rings. The molecular formula is C19H17ClN2O2S2. The highest BCUT2D eigenvalue weighted by Crippen LogP contribution is 2.30. The van der Waals surface area contributed by atoms with E-state index in [9.17, 15) is 4.79 Å². The van der Waals surface area contributed by atoms with Crippen molar-refractivity contribution < 1.29 is 9.53 Å². The molecule has 134 valence electrons. The van der Waals surface area contributed by atoms with Gasteiger partial charge in [-0.25, -0.2) is 4.98 Å². The number of carbonyl (C=O) groups excluding carboxylic acids is 1. The van der Waals surface area contributed by atoms with Crippen LogP contribution in [0.2, 0.25) is 5.02 Å². The number of halogens is 1. The number of thiazole rings is 1. The number of aryl methyl sites for hydroxylation is 1. The second-order valence-electron chi connectivity index (χ2n) is 5.55. The molecule has 0 atom stereocenters. The molecule has 7 heteroatoms. The molecule has 0 bridgehead atoms. The van der Waals surface area contributed by atoms with E-state index in [0.717, 1.165) is 21.2 Å². The molecule has 1 amide bonds. The minimum Gasteiger partial charge on any atom is -0.495 e. The molecule has 2 aromatic carbocycles. The maximum Gasteiger partial charge on any atom is 0.234 e. The summed E-state index contributed by atoms with van der Waals surface area (Å²) in [6.45, 7) is 1.97. The summed E-state index contributed by atoms with van der Waals surface area (Å²) in [6.07, 6.45) is 0. The van der Waals surface area contributed by atoms with Crippen molar-refractivity contribution in [3.05, 3.63) is 58.4 Å². The van der Waals surface area contributed by atoms with Gasteiger partial charge < -0.3 is 10.1 Å². The number of amides is 1. The fourth-order valence-electron chi connectivity index (χ4n) is 2.31. The molecule has 3 aromatic rings. The van der Waals surface area contributed by atoms with Crippen LogP contribution in [0.4, 0.5) is 5.69 Å². The fourth-order valence-corrected chi connectivity index (χ4v) is 4.07. The van der Waals surface area contributed by atoms with Gasteiger partial charge in [0.1, 0.15) is 5.75 Å². The fraction of sp³-hybridized carbons (Fsp3) is 0.158. The highest BCUT2D eigenvalue weighted by atomic mass is 35.5. The van der Waals surface area contributed by atoms with Gasteiger partial charge in [-0.3, -0.25) is 4.79 Å². The number of carbonyl (C=O) groups is 1. The quantitative estimate of drug-likeness (QED) is 0.550. The van der Waals surface area contributed by atoms with E-state index in [1.807, 2.05) is 54.8 Å². The van der Waals surface area contributed by atoms with E-state index in [0.29, 0.717) is 16.5 Å². The van der Waals surface area contributed by atoms with Crippen LogP contribution in [0.25, 0.3) is 11.3 Å². The van der Waals surface area contributed by atoms with Crippen molar-refractivity contribution in [3.8, 4) is 17.0 Å². The molecule has 1 aromatic heterocycles. The van der Waals surface area contributed by atoms with E-state index in [-0.39, 0.29) is 11.7 Å². The molecule has 1 N–H and O–H groups in total. The van der Waals surface area contributed by atoms with Crippen molar-refractivity contribution in [2.24, 2.45) is 0 Å². The number of aromatic nitrogens is 1. The van der Waals surface area contributed by atoms with Crippen LogP contribution in [0.5, 0.6) is 5.75 Å². The van der Waals surface area contributed by atoms with E-state index in [2.05, 4.69) is 10.3 Å². The number of ether oxygens (including phenoxy) is 1. The van der Waals surface area contributed by atoms with Gasteiger partial charge in [0.15, 0.2) is 4.34 Å². The number of anilines is 1. The maximum absolute atomic E-state index is 12.3. The van der Waals surface area contributed by atoms with Crippen LogP contribution in [-0.2, 0) is 4.79 Å². The summed E-state index contributed by atoms with van der Waals surface area (Å²) >= 11 is 8.85. The summed E-state index contributed by atoms with van der Waals surface area (Å²) in [4.78, 5) is 16.8. The molecule has 0 unspecified atom stereocenters. The number of nitrogens with zero attached hydrogens (tertiary/aromatic N) is 1. The van der Waals surface area contributed by atoms with Crippen molar-refractivity contribution in [1.82, 2.24) is 4.98 Å². The van der Waals surface area contributed by atoms with E-state index in [1.54, 1.807) is 7.11 Å². The minimum absolute atomic E-state index is 0.0952. The zero-order valence-electron chi connectivity index (χ0n) is 14.3. The second-order valence-corrected chi connectivity index (χ2v) is 8.06. The third-order valence-electron chi connectivity index (χ3n) is 3.58. The molecule has 1 heterocycles. The molecule has 4 nitrogen and oxygen atoms in total. The molecule has 3 rings (SSSR count). The van der Waals surface area contributed by atoms with E-state index < -0.39 is 0 Å². The third kappa shape index (κ3) is 4.78. The van der Waals surface area contributed by atoms with E-state index >= 15 is 0 Å². The number of rotatable bonds is 6. The largest absolute Gasteiger partial charge is 0.495 e. The molecular weight excluding hydrogens is 388 g/mol. The lowest BCUT2D eigenvalue weighted by molar-refractivity contribution is -0.113. The lowest BCUT2D eigenvalue weighted by Crippen LogP contribution is -2.14. The predicted octanol–water partition coefficient (Wildman–Crippen LogP) is 5.51. The molecule has 0 spiro atoms. The SMILES string of the molecule is COc1ccc(C)cc1NC(=O)CSc1nc(-c2ccc(Cl)cc2)cs1. The second kappa shape index (κ2) is 8.58. The predicted molar refractivity (Wildman–Crippen MR) is 110 cm³/mol. The Morgan fingerprint density at radius 1 is 1.27 bits per heavy atom. The Bertz CT molecular complexity index is 910. The standard InChI is InChI=1S/C19H17ClN2O2S2/c1-12-3-8-17(24-2)15(9-12)21-18(23)11-26-19-22-16(10-25-19)13-4-6-14(20)7-5-13/h3-10H,11H2,1-2H3,(H,21,23). The van der Waals surface area contributed by atoms with Gasteiger partial charge in [0, 0.05) is 16.0 Å². The van der Waals surface area contributed by atoms with Gasteiger partial charge in [0.25, 0.3) is 0 Å². The van der Waals surface area contributed by atoms with Crippen molar-refractivity contribution >= 4 is 46.3 Å². The third-order valence-corrected chi connectivity index (χ3v) is 5.85. The number of thioether (sulfide) groups is 1. The van der Waals surface area contributed by atoms with Crippen LogP contribution in [0.1, 0.15) is 5.56 Å². The molecule has 0 radical (unpaired) electrons. The van der Waals surface area contributed by atoms with E-state index in [4.69, 9.17) is 16.3 Å². The van der Waals surface area contributed by atoms with E-state index in [1.165, 1.54) is 23.1 Å². The van der Waals surface area contributed by atoms with Crippen molar-refractivity contribution in [2.45, 2.75) is 11.3 Å². The first-order valence-electron chi connectivity index (χ1n) is 7.84. The number of methoxy groups -OCH3 is 1. The Morgan fingerprint density at radius 3 is 2.77 bits per heavy atom. The van der Waals surface area contributed by atoms with Gasteiger partial charge >= 0.3 is 0 Å². The summed E-state index contributed by atoms with van der Waals surface area (Å²) in [5.41, 5.74) is 3.63. The summed E-state index contributed by atoms with van der Waals surface area (Å²) in [6, 6.07) is 13.2. The Hall–Kier alpha value is -2.02. The summed E-state index contributed by atoms with van der Waals surface area (Å²) in [7, 11) is 1.59. The number of hydrogen-bond acceptors (Lipinski definition) is 5. The highest BCUT2D eigenvalue weighted by Gasteiger charge is 2.11. The molecule has 0 saturated carbocycles. The number of nitrogens with one attached hydrogen (secondary N) is 1. The number of benzene rings is 2. The molecule has 0 aliphatic carbocycles. The average Bonchev–Trinajstić information content (AvgIpc) is 3.10.